The molecule has 16 heavy (non-hydrogen) atoms. The number of hydrogen-bond donors (Lipinski definition) is 0. The summed E-state index contributed by atoms with van der Waals surface area (Å²) in [6, 6.07) is 3.48. The van der Waals surface area contributed by atoms with Gasteiger partial charge < -0.3 is 4.74 Å². The molecule has 0 fully saturated rings. The molecule has 1 aromatic heterocycles. The first-order valence-electron chi connectivity index (χ1n) is 4.22. The van der Waals surface area contributed by atoms with Gasteiger partial charge in [0.25, 0.3) is 0 Å². The van der Waals surface area contributed by atoms with Crippen LogP contribution in [0.2, 0.25) is 4.34 Å². The van der Waals surface area contributed by atoms with Crippen molar-refractivity contribution in [1.82, 2.24) is 9.59 Å². The van der Waals surface area contributed by atoms with Gasteiger partial charge in [0.05, 0.1) is 0 Å². The molecule has 1 aromatic carbocycles. The lowest BCUT2D eigenvalue weighted by atomic mass is 10.3. The molecule has 0 saturated heterocycles. The molecule has 0 N–H and O–H groups in total. The number of ether oxygens (including phenoxy) is 1. The lowest BCUT2D eigenvalue weighted by molar-refractivity contribution is 0.270. The molecule has 1 heterocycles. The fourth-order valence-electron chi connectivity index (χ4n) is 1.04. The summed E-state index contributed by atoms with van der Waals surface area (Å²) in [7, 11) is 0. The molecule has 0 radical (unpaired) electrons. The Hall–Kier alpha value is -1.27. The van der Waals surface area contributed by atoms with E-state index in [2.05, 4.69) is 9.59 Å². The van der Waals surface area contributed by atoms with Crippen LogP contribution in [0.5, 0.6) is 5.75 Å². The van der Waals surface area contributed by atoms with Crippen LogP contribution < -0.4 is 4.74 Å². The van der Waals surface area contributed by atoms with Crippen molar-refractivity contribution in [2.75, 3.05) is 0 Å². The molecule has 0 unspecified atom stereocenters. The Morgan fingerprint density at radius 3 is 2.56 bits per heavy atom. The fraction of sp³-hybridized carbons (Fsp3) is 0.111. The normalized spacial score (nSPS) is 10.4. The molecule has 0 spiro atoms. The van der Waals surface area contributed by atoms with Gasteiger partial charge in [-0.3, -0.25) is 0 Å². The summed E-state index contributed by atoms with van der Waals surface area (Å²) in [4.78, 5) is 0. The van der Waals surface area contributed by atoms with Crippen molar-refractivity contribution in [2.24, 2.45) is 0 Å². The number of hydrogen-bond acceptors (Lipinski definition) is 4. The maximum atomic E-state index is 13.1. The van der Waals surface area contributed by atoms with Gasteiger partial charge in [0.2, 0.25) is 0 Å². The minimum absolute atomic E-state index is 0.118. The van der Waals surface area contributed by atoms with Gasteiger partial charge in [-0.1, -0.05) is 22.2 Å². The van der Waals surface area contributed by atoms with Crippen molar-refractivity contribution in [2.45, 2.75) is 6.61 Å². The first kappa shape index (κ1) is 11.2. The summed E-state index contributed by atoms with van der Waals surface area (Å²) in [5.74, 6) is -1.97. The van der Waals surface area contributed by atoms with Crippen molar-refractivity contribution in [1.29, 1.82) is 0 Å². The van der Waals surface area contributed by atoms with Gasteiger partial charge in [0.1, 0.15) is 16.6 Å². The number of halogens is 3. The molecule has 84 valence electrons. The topological polar surface area (TPSA) is 35.0 Å². The highest BCUT2D eigenvalue weighted by molar-refractivity contribution is 7.10. The SMILES string of the molecule is Fc1cccc(F)c1OCc1nnsc1Cl. The van der Waals surface area contributed by atoms with Crippen LogP contribution in [0.3, 0.4) is 0 Å². The zero-order valence-electron chi connectivity index (χ0n) is 7.78. The van der Waals surface area contributed by atoms with Crippen LogP contribution in [0, 0.1) is 11.6 Å². The van der Waals surface area contributed by atoms with Crippen LogP contribution in [0.4, 0.5) is 8.78 Å². The van der Waals surface area contributed by atoms with Crippen LogP contribution in [0.15, 0.2) is 18.2 Å². The molecule has 0 saturated carbocycles. The summed E-state index contributed by atoms with van der Waals surface area (Å²) in [6.45, 7) is -0.118. The van der Waals surface area contributed by atoms with Gasteiger partial charge in [0, 0.05) is 11.5 Å². The highest BCUT2D eigenvalue weighted by Crippen LogP contribution is 2.24. The summed E-state index contributed by atoms with van der Waals surface area (Å²) in [5, 5.41) is 3.66. The number of rotatable bonds is 3. The zero-order chi connectivity index (χ0) is 11.5. The first-order chi connectivity index (χ1) is 7.68. The van der Waals surface area contributed by atoms with Crippen LogP contribution in [0.25, 0.3) is 0 Å². The van der Waals surface area contributed by atoms with E-state index >= 15 is 0 Å². The largest absolute Gasteiger partial charge is 0.481 e. The highest BCUT2D eigenvalue weighted by Gasteiger charge is 2.12. The second kappa shape index (κ2) is 4.71. The van der Waals surface area contributed by atoms with E-state index in [4.69, 9.17) is 16.3 Å². The monoisotopic (exact) mass is 262 g/mol. The standard InChI is InChI=1S/C9H5ClF2N2OS/c10-9-7(13-14-16-9)4-15-8-5(11)2-1-3-6(8)12/h1-3H,4H2. The van der Waals surface area contributed by atoms with Crippen LogP contribution >= 0.6 is 23.1 Å². The van der Waals surface area contributed by atoms with Gasteiger partial charge in [-0.05, 0) is 12.1 Å². The Balaban J connectivity index is 2.14. The Kier molecular flexibility index (Phi) is 3.31. The molecule has 0 amide bonds. The third-order valence-corrected chi connectivity index (χ3v) is 2.77. The molecule has 2 rings (SSSR count). The average Bonchev–Trinajstić information content (AvgIpc) is 2.64. The van der Waals surface area contributed by atoms with E-state index in [1.54, 1.807) is 0 Å². The summed E-state index contributed by atoms with van der Waals surface area (Å²) < 4.78 is 35.2. The molecule has 0 atom stereocenters. The van der Waals surface area contributed by atoms with Gasteiger partial charge in [0.15, 0.2) is 17.4 Å². The second-order valence-electron chi connectivity index (χ2n) is 2.83. The van der Waals surface area contributed by atoms with Crippen LogP contribution in [-0.4, -0.2) is 9.59 Å². The molecule has 0 bridgehead atoms. The smallest absolute Gasteiger partial charge is 0.191 e. The van der Waals surface area contributed by atoms with Gasteiger partial charge in [-0.2, -0.15) is 0 Å². The minimum atomic E-state index is -0.765. The number of para-hydroxylation sites is 1. The number of aromatic nitrogens is 2. The Bertz CT molecular complexity index is 486. The molecule has 0 aliphatic carbocycles. The number of nitrogens with zero attached hydrogens (tertiary/aromatic N) is 2. The van der Waals surface area contributed by atoms with E-state index in [1.165, 1.54) is 6.07 Å². The van der Waals surface area contributed by atoms with Crippen molar-refractivity contribution in [3.05, 3.63) is 39.9 Å². The Morgan fingerprint density at radius 1 is 1.31 bits per heavy atom. The Labute approximate surface area is 98.8 Å². The molecule has 0 aliphatic heterocycles. The fourth-order valence-corrected chi connectivity index (χ4v) is 1.65. The molecule has 3 nitrogen and oxygen atoms in total. The zero-order valence-corrected chi connectivity index (χ0v) is 9.36. The quantitative estimate of drug-likeness (QED) is 0.853. The third kappa shape index (κ3) is 2.28. The second-order valence-corrected chi connectivity index (χ2v) is 4.19. The predicted octanol–water partition coefficient (Wildman–Crippen LogP) is 3.05. The molecule has 7 heteroatoms. The maximum absolute atomic E-state index is 13.1. The van der Waals surface area contributed by atoms with Gasteiger partial charge in [-0.25, -0.2) is 8.78 Å². The van der Waals surface area contributed by atoms with Gasteiger partial charge in [-0.15, -0.1) is 5.10 Å². The molecular weight excluding hydrogens is 258 g/mol. The summed E-state index contributed by atoms with van der Waals surface area (Å²) >= 11 is 6.70. The van der Waals surface area contributed by atoms with Crippen molar-refractivity contribution >= 4 is 23.1 Å². The van der Waals surface area contributed by atoms with E-state index in [9.17, 15) is 8.78 Å². The third-order valence-electron chi connectivity index (χ3n) is 1.78. The van der Waals surface area contributed by atoms with Crippen LogP contribution in [0.1, 0.15) is 5.69 Å². The van der Waals surface area contributed by atoms with E-state index < -0.39 is 17.4 Å². The first-order valence-corrected chi connectivity index (χ1v) is 5.37. The van der Waals surface area contributed by atoms with Crippen molar-refractivity contribution in [3.63, 3.8) is 0 Å². The molecule has 2 aromatic rings. The maximum Gasteiger partial charge on any atom is 0.191 e. The summed E-state index contributed by atoms with van der Waals surface area (Å²) in [6.07, 6.45) is 0. The average molecular weight is 263 g/mol. The number of benzene rings is 1. The minimum Gasteiger partial charge on any atom is -0.481 e. The molecular formula is C9H5ClF2N2OS. The van der Waals surface area contributed by atoms with Crippen molar-refractivity contribution in [3.8, 4) is 5.75 Å². The predicted molar refractivity (Wildman–Crippen MR) is 55.6 cm³/mol. The molecule has 0 aliphatic rings. The van der Waals surface area contributed by atoms with Gasteiger partial charge >= 0.3 is 0 Å². The van der Waals surface area contributed by atoms with Crippen LogP contribution in [-0.2, 0) is 6.61 Å². The van der Waals surface area contributed by atoms with Crippen molar-refractivity contribution < 1.29 is 13.5 Å². The lowest BCUT2D eigenvalue weighted by Gasteiger charge is -2.06. The van der Waals surface area contributed by atoms with E-state index in [-0.39, 0.29) is 6.61 Å². The van der Waals surface area contributed by atoms with E-state index in [1.807, 2.05) is 0 Å². The summed E-state index contributed by atoms with van der Waals surface area (Å²) in [5.41, 5.74) is 0.356. The highest BCUT2D eigenvalue weighted by atomic mass is 35.5. The van der Waals surface area contributed by atoms with E-state index in [0.29, 0.717) is 10.0 Å². The Morgan fingerprint density at radius 2 is 2.00 bits per heavy atom. The van der Waals surface area contributed by atoms with E-state index in [0.717, 1.165) is 23.7 Å². The lowest BCUT2D eigenvalue weighted by Crippen LogP contribution is -2.00.